The predicted octanol–water partition coefficient (Wildman–Crippen LogP) is 1.99. The minimum absolute atomic E-state index is 0.102. The fourth-order valence-corrected chi connectivity index (χ4v) is 6.03. The van der Waals surface area contributed by atoms with Gasteiger partial charge in [0.1, 0.15) is 11.6 Å². The monoisotopic (exact) mass is 536 g/mol. The first kappa shape index (κ1) is 25.6. The van der Waals surface area contributed by atoms with Gasteiger partial charge in [-0.1, -0.05) is 0 Å². The van der Waals surface area contributed by atoms with Crippen molar-refractivity contribution in [1.29, 1.82) is 0 Å². The van der Waals surface area contributed by atoms with E-state index < -0.39 is 15.9 Å². The van der Waals surface area contributed by atoms with E-state index in [-0.39, 0.29) is 29.7 Å². The van der Waals surface area contributed by atoms with E-state index in [1.165, 1.54) is 16.4 Å². The fraction of sp³-hybridized carbons (Fsp3) is 0.308. The smallest absolute Gasteiger partial charge is 0.243 e. The maximum Gasteiger partial charge on any atom is 0.243 e. The lowest BCUT2D eigenvalue weighted by Gasteiger charge is -2.34. The van der Waals surface area contributed by atoms with Crippen molar-refractivity contribution in [3.05, 3.63) is 67.1 Å². The Bertz CT molecular complexity index is 1390. The average molecular weight is 537 g/mol. The number of sulfonamides is 1. The lowest BCUT2D eigenvalue weighted by molar-refractivity contribution is -0.122. The third-order valence-electron chi connectivity index (χ3n) is 6.75. The Morgan fingerprint density at radius 1 is 1.00 bits per heavy atom. The second kappa shape index (κ2) is 10.8. The van der Waals surface area contributed by atoms with Crippen molar-refractivity contribution in [1.82, 2.24) is 14.3 Å². The maximum atomic E-state index is 13.2. The average Bonchev–Trinajstić information content (AvgIpc) is 3.35. The highest BCUT2D eigenvalue weighted by Gasteiger charge is 2.35. The van der Waals surface area contributed by atoms with Crippen LogP contribution in [0, 0.1) is 5.92 Å². The van der Waals surface area contributed by atoms with Gasteiger partial charge in [0, 0.05) is 62.9 Å². The normalized spacial score (nSPS) is 18.4. The molecule has 11 nitrogen and oxygen atoms in total. The molecule has 1 N–H and O–H groups in total. The van der Waals surface area contributed by atoms with Crippen LogP contribution in [-0.4, -0.2) is 74.3 Å². The standard InChI is InChI=1S/C26H28N6O5S/c1-37-22-6-4-21(5-7-22)32-18-19(16-25(32)33)26(34)29-20-2-8-23(9-3-20)38(35,36)31-14-12-30(13-15-31)24-17-27-10-11-28-24/h2-11,17,19H,12-16,18H2,1H3,(H,29,34). The van der Waals surface area contributed by atoms with E-state index >= 15 is 0 Å². The van der Waals surface area contributed by atoms with E-state index in [1.54, 1.807) is 67.0 Å². The molecule has 198 valence electrons. The Labute approximate surface area is 221 Å². The summed E-state index contributed by atoms with van der Waals surface area (Å²) in [6.45, 7) is 1.96. The summed E-state index contributed by atoms with van der Waals surface area (Å²) in [6, 6.07) is 13.2. The van der Waals surface area contributed by atoms with E-state index in [0.29, 0.717) is 43.3 Å². The maximum absolute atomic E-state index is 13.2. The Morgan fingerprint density at radius 2 is 1.71 bits per heavy atom. The molecule has 12 heteroatoms. The molecule has 0 saturated carbocycles. The Balaban J connectivity index is 1.18. The second-order valence-corrected chi connectivity index (χ2v) is 11.0. The van der Waals surface area contributed by atoms with Gasteiger partial charge >= 0.3 is 0 Å². The van der Waals surface area contributed by atoms with Crippen molar-refractivity contribution in [2.24, 2.45) is 5.92 Å². The van der Waals surface area contributed by atoms with E-state index in [1.807, 2.05) is 4.90 Å². The molecule has 2 amide bonds. The van der Waals surface area contributed by atoms with Gasteiger partial charge in [0.2, 0.25) is 21.8 Å². The highest BCUT2D eigenvalue weighted by molar-refractivity contribution is 7.89. The molecule has 1 atom stereocenters. The highest BCUT2D eigenvalue weighted by atomic mass is 32.2. The highest BCUT2D eigenvalue weighted by Crippen LogP contribution is 2.28. The van der Waals surface area contributed by atoms with E-state index in [2.05, 4.69) is 15.3 Å². The molecule has 0 bridgehead atoms. The van der Waals surface area contributed by atoms with Gasteiger partial charge in [-0.3, -0.25) is 14.6 Å². The van der Waals surface area contributed by atoms with Crippen LogP contribution in [0.5, 0.6) is 5.75 Å². The molecule has 3 heterocycles. The summed E-state index contributed by atoms with van der Waals surface area (Å²) in [5, 5.41) is 2.81. The molecule has 2 aliphatic rings. The number of aromatic nitrogens is 2. The number of ether oxygens (including phenoxy) is 1. The molecule has 0 radical (unpaired) electrons. The predicted molar refractivity (Wildman–Crippen MR) is 142 cm³/mol. The van der Waals surface area contributed by atoms with Crippen molar-refractivity contribution in [3.63, 3.8) is 0 Å². The first-order valence-corrected chi connectivity index (χ1v) is 13.7. The largest absolute Gasteiger partial charge is 0.497 e. The van der Waals surface area contributed by atoms with Crippen LogP contribution in [0.25, 0.3) is 0 Å². The summed E-state index contributed by atoms with van der Waals surface area (Å²) in [5.74, 6) is 0.477. The van der Waals surface area contributed by atoms with Crippen molar-refractivity contribution in [2.75, 3.05) is 55.0 Å². The Kier molecular flexibility index (Phi) is 7.25. The lowest BCUT2D eigenvalue weighted by Crippen LogP contribution is -2.48. The van der Waals surface area contributed by atoms with Gasteiger partial charge < -0.3 is 19.9 Å². The lowest BCUT2D eigenvalue weighted by atomic mass is 10.1. The molecular formula is C26H28N6O5S. The summed E-state index contributed by atoms with van der Waals surface area (Å²) >= 11 is 0. The zero-order valence-corrected chi connectivity index (χ0v) is 21.7. The molecule has 5 rings (SSSR count). The van der Waals surface area contributed by atoms with Crippen LogP contribution in [0.15, 0.2) is 72.0 Å². The van der Waals surface area contributed by atoms with Crippen molar-refractivity contribution in [2.45, 2.75) is 11.3 Å². The number of carbonyl (C=O) groups excluding carboxylic acids is 2. The van der Waals surface area contributed by atoms with Gasteiger partial charge in [0.05, 0.1) is 24.1 Å². The molecule has 0 spiro atoms. The topological polar surface area (TPSA) is 125 Å². The number of rotatable bonds is 7. The third kappa shape index (κ3) is 5.31. The number of piperazine rings is 1. The molecule has 3 aromatic rings. The first-order valence-electron chi connectivity index (χ1n) is 12.2. The molecule has 38 heavy (non-hydrogen) atoms. The van der Waals surface area contributed by atoms with Gasteiger partial charge in [-0.25, -0.2) is 13.4 Å². The third-order valence-corrected chi connectivity index (χ3v) is 8.66. The van der Waals surface area contributed by atoms with Crippen LogP contribution in [0.3, 0.4) is 0 Å². The summed E-state index contributed by atoms with van der Waals surface area (Å²) in [5.41, 5.74) is 1.18. The van der Waals surface area contributed by atoms with Gasteiger partial charge in [-0.05, 0) is 48.5 Å². The zero-order chi connectivity index (χ0) is 26.7. The summed E-state index contributed by atoms with van der Waals surface area (Å²) in [7, 11) is -2.11. The Morgan fingerprint density at radius 3 is 2.34 bits per heavy atom. The van der Waals surface area contributed by atoms with Crippen molar-refractivity contribution in [3.8, 4) is 5.75 Å². The number of carbonyl (C=O) groups is 2. The van der Waals surface area contributed by atoms with Crippen LogP contribution < -0.4 is 19.9 Å². The van der Waals surface area contributed by atoms with Crippen molar-refractivity contribution >= 4 is 39.0 Å². The van der Waals surface area contributed by atoms with E-state index in [4.69, 9.17) is 4.74 Å². The number of nitrogens with zero attached hydrogens (tertiary/aromatic N) is 5. The molecular weight excluding hydrogens is 508 g/mol. The van der Waals surface area contributed by atoms with Gasteiger partial charge in [0.15, 0.2) is 0 Å². The number of methoxy groups -OCH3 is 1. The molecule has 1 aromatic heterocycles. The summed E-state index contributed by atoms with van der Waals surface area (Å²) in [4.78, 5) is 37.5. The SMILES string of the molecule is COc1ccc(N2CC(C(=O)Nc3ccc(S(=O)(=O)N4CCN(c5cnccn5)CC4)cc3)CC2=O)cc1. The number of hydrogen-bond donors (Lipinski definition) is 1. The molecule has 2 saturated heterocycles. The first-order chi connectivity index (χ1) is 18.3. The van der Waals surface area contributed by atoms with Crippen LogP contribution >= 0.6 is 0 Å². The minimum Gasteiger partial charge on any atom is -0.497 e. The van der Waals surface area contributed by atoms with Gasteiger partial charge in [-0.2, -0.15) is 4.31 Å². The number of nitrogens with one attached hydrogen (secondary N) is 1. The quantitative estimate of drug-likeness (QED) is 0.486. The molecule has 2 fully saturated rings. The van der Waals surface area contributed by atoms with Crippen LogP contribution in [-0.2, 0) is 19.6 Å². The second-order valence-electron chi connectivity index (χ2n) is 9.07. The van der Waals surface area contributed by atoms with Crippen LogP contribution in [0.4, 0.5) is 17.2 Å². The molecule has 1 unspecified atom stereocenters. The molecule has 0 aliphatic carbocycles. The van der Waals surface area contributed by atoms with Crippen molar-refractivity contribution < 1.29 is 22.7 Å². The molecule has 2 aliphatic heterocycles. The van der Waals surface area contributed by atoms with Gasteiger partial charge in [-0.15, -0.1) is 0 Å². The summed E-state index contributed by atoms with van der Waals surface area (Å²) in [6.07, 6.45) is 4.97. The molecule has 2 aromatic carbocycles. The van der Waals surface area contributed by atoms with Crippen LogP contribution in [0.2, 0.25) is 0 Å². The van der Waals surface area contributed by atoms with E-state index in [0.717, 1.165) is 5.82 Å². The number of benzene rings is 2. The fourth-order valence-electron chi connectivity index (χ4n) is 4.61. The number of amides is 2. The minimum atomic E-state index is -3.68. The van der Waals surface area contributed by atoms with E-state index in [9.17, 15) is 18.0 Å². The van der Waals surface area contributed by atoms with Crippen LogP contribution in [0.1, 0.15) is 6.42 Å². The number of hydrogen-bond acceptors (Lipinski definition) is 8. The van der Waals surface area contributed by atoms with Gasteiger partial charge in [0.25, 0.3) is 0 Å². The Hall–Kier alpha value is -4.03. The zero-order valence-electron chi connectivity index (χ0n) is 20.9. The summed E-state index contributed by atoms with van der Waals surface area (Å²) < 4.78 is 32.9. The number of anilines is 3.